The first-order valence-electron chi connectivity index (χ1n) is 6.82. The third-order valence-electron chi connectivity index (χ3n) is 4.23. The van der Waals surface area contributed by atoms with Crippen LogP contribution in [0.1, 0.15) is 44.2 Å². The summed E-state index contributed by atoms with van der Waals surface area (Å²) < 4.78 is 0. The van der Waals surface area contributed by atoms with Gasteiger partial charge in [-0.1, -0.05) is 38.0 Å². The summed E-state index contributed by atoms with van der Waals surface area (Å²) >= 11 is 2.00. The molecule has 92 valence electrons. The van der Waals surface area contributed by atoms with E-state index in [0.29, 0.717) is 6.04 Å². The van der Waals surface area contributed by atoms with Crippen LogP contribution in [0.4, 0.5) is 0 Å². The van der Waals surface area contributed by atoms with Crippen molar-refractivity contribution in [2.75, 3.05) is 5.75 Å². The second kappa shape index (κ2) is 5.03. The van der Waals surface area contributed by atoms with Crippen LogP contribution in [0.3, 0.4) is 0 Å². The van der Waals surface area contributed by atoms with Gasteiger partial charge in [0.05, 0.1) is 0 Å². The van der Waals surface area contributed by atoms with Crippen molar-refractivity contribution in [1.82, 2.24) is 5.32 Å². The van der Waals surface area contributed by atoms with Gasteiger partial charge in [0, 0.05) is 22.7 Å². The van der Waals surface area contributed by atoms with Gasteiger partial charge < -0.3 is 5.32 Å². The standard InChI is InChI=1S/C15H21NS/c1-11-6-2-4-8-13(11)16-14-10-17-15-9-5-3-7-12(14)15/h3,5,7,9,11,13-14,16H,2,4,6,8,10H2,1H3. The molecule has 1 nitrogen and oxygen atoms in total. The van der Waals surface area contributed by atoms with Gasteiger partial charge in [-0.2, -0.15) is 0 Å². The first kappa shape index (κ1) is 11.6. The van der Waals surface area contributed by atoms with E-state index in [1.54, 1.807) is 0 Å². The maximum atomic E-state index is 3.90. The molecular weight excluding hydrogens is 226 g/mol. The van der Waals surface area contributed by atoms with Gasteiger partial charge in [0.25, 0.3) is 0 Å². The fourth-order valence-electron chi connectivity index (χ4n) is 3.12. The number of hydrogen-bond donors (Lipinski definition) is 1. The fraction of sp³-hybridized carbons (Fsp3) is 0.600. The Labute approximate surface area is 108 Å². The summed E-state index contributed by atoms with van der Waals surface area (Å²) in [6.45, 7) is 2.41. The zero-order valence-corrected chi connectivity index (χ0v) is 11.3. The molecule has 1 fully saturated rings. The van der Waals surface area contributed by atoms with Crippen LogP contribution in [0.15, 0.2) is 29.2 Å². The molecule has 3 unspecified atom stereocenters. The van der Waals surface area contributed by atoms with E-state index in [1.165, 1.54) is 41.9 Å². The second-order valence-electron chi connectivity index (χ2n) is 5.44. The van der Waals surface area contributed by atoms with E-state index in [1.807, 2.05) is 11.8 Å². The lowest BCUT2D eigenvalue weighted by Gasteiger charge is -2.32. The zero-order valence-electron chi connectivity index (χ0n) is 10.5. The van der Waals surface area contributed by atoms with Gasteiger partial charge >= 0.3 is 0 Å². The predicted octanol–water partition coefficient (Wildman–Crippen LogP) is 4.00. The van der Waals surface area contributed by atoms with Gasteiger partial charge in [0.15, 0.2) is 0 Å². The summed E-state index contributed by atoms with van der Waals surface area (Å²) in [6, 6.07) is 10.2. The smallest absolute Gasteiger partial charge is 0.0428 e. The summed E-state index contributed by atoms with van der Waals surface area (Å²) in [6.07, 6.45) is 5.60. The highest BCUT2D eigenvalue weighted by molar-refractivity contribution is 7.99. The molecule has 1 heterocycles. The highest BCUT2D eigenvalue weighted by atomic mass is 32.2. The molecule has 2 aliphatic rings. The minimum atomic E-state index is 0.585. The van der Waals surface area contributed by atoms with Crippen molar-refractivity contribution in [3.05, 3.63) is 29.8 Å². The number of hydrogen-bond acceptors (Lipinski definition) is 2. The minimum Gasteiger partial charge on any atom is -0.306 e. The van der Waals surface area contributed by atoms with Crippen LogP contribution in [0.5, 0.6) is 0 Å². The van der Waals surface area contributed by atoms with E-state index in [0.717, 1.165) is 12.0 Å². The third kappa shape index (κ3) is 2.38. The quantitative estimate of drug-likeness (QED) is 0.847. The Balaban J connectivity index is 1.70. The Morgan fingerprint density at radius 2 is 2.00 bits per heavy atom. The van der Waals surface area contributed by atoms with Crippen molar-refractivity contribution < 1.29 is 0 Å². The largest absolute Gasteiger partial charge is 0.306 e. The van der Waals surface area contributed by atoms with Gasteiger partial charge in [0.2, 0.25) is 0 Å². The summed E-state index contributed by atoms with van der Waals surface area (Å²) in [4.78, 5) is 1.48. The molecular formula is C15H21NS. The molecule has 3 rings (SSSR count). The lowest BCUT2D eigenvalue weighted by molar-refractivity contribution is 0.265. The Kier molecular flexibility index (Phi) is 3.44. The van der Waals surface area contributed by atoms with Crippen molar-refractivity contribution in [3.63, 3.8) is 0 Å². The highest BCUT2D eigenvalue weighted by Gasteiger charge is 2.28. The molecule has 3 atom stereocenters. The van der Waals surface area contributed by atoms with E-state index < -0.39 is 0 Å². The third-order valence-corrected chi connectivity index (χ3v) is 5.41. The lowest BCUT2D eigenvalue weighted by atomic mass is 9.85. The van der Waals surface area contributed by atoms with Crippen LogP contribution in [-0.2, 0) is 0 Å². The summed E-state index contributed by atoms with van der Waals surface area (Å²) in [5.41, 5.74) is 1.52. The molecule has 0 spiro atoms. The van der Waals surface area contributed by atoms with E-state index in [4.69, 9.17) is 0 Å². The van der Waals surface area contributed by atoms with Gasteiger partial charge in [-0.3, -0.25) is 0 Å². The molecule has 1 aromatic carbocycles. The van der Waals surface area contributed by atoms with E-state index in [9.17, 15) is 0 Å². The van der Waals surface area contributed by atoms with Crippen molar-refractivity contribution in [2.45, 2.75) is 49.6 Å². The Hall–Kier alpha value is -0.470. The fourth-order valence-corrected chi connectivity index (χ4v) is 4.30. The summed E-state index contributed by atoms with van der Waals surface area (Å²) in [5.74, 6) is 2.06. The van der Waals surface area contributed by atoms with E-state index in [2.05, 4.69) is 36.5 Å². The van der Waals surface area contributed by atoms with Crippen LogP contribution >= 0.6 is 11.8 Å². The second-order valence-corrected chi connectivity index (χ2v) is 6.50. The topological polar surface area (TPSA) is 12.0 Å². The van der Waals surface area contributed by atoms with Gasteiger partial charge in [0.1, 0.15) is 0 Å². The first-order valence-corrected chi connectivity index (χ1v) is 7.81. The van der Waals surface area contributed by atoms with Gasteiger partial charge in [-0.05, 0) is 30.4 Å². The maximum absolute atomic E-state index is 3.90. The highest BCUT2D eigenvalue weighted by Crippen LogP contribution is 2.39. The number of benzene rings is 1. The molecule has 1 aliphatic carbocycles. The SMILES string of the molecule is CC1CCCCC1NC1CSc2ccccc21. The predicted molar refractivity (Wildman–Crippen MR) is 74.5 cm³/mol. The van der Waals surface area contributed by atoms with E-state index >= 15 is 0 Å². The summed E-state index contributed by atoms with van der Waals surface area (Å²) in [7, 11) is 0. The minimum absolute atomic E-state index is 0.585. The Bertz CT molecular complexity index is 390. The average Bonchev–Trinajstić information content (AvgIpc) is 2.76. The van der Waals surface area contributed by atoms with Crippen molar-refractivity contribution in [3.8, 4) is 0 Å². The Morgan fingerprint density at radius 3 is 2.88 bits per heavy atom. The maximum Gasteiger partial charge on any atom is 0.0428 e. The number of nitrogens with one attached hydrogen (secondary N) is 1. The van der Waals surface area contributed by atoms with Gasteiger partial charge in [-0.25, -0.2) is 0 Å². The summed E-state index contributed by atoms with van der Waals surface area (Å²) in [5, 5.41) is 3.90. The van der Waals surface area contributed by atoms with Crippen LogP contribution in [0.25, 0.3) is 0 Å². The molecule has 0 bridgehead atoms. The first-order chi connectivity index (χ1) is 8.34. The molecule has 0 amide bonds. The molecule has 1 aliphatic heterocycles. The number of fused-ring (bicyclic) bond motifs is 1. The molecule has 1 aromatic rings. The zero-order chi connectivity index (χ0) is 11.7. The number of rotatable bonds is 2. The average molecular weight is 247 g/mol. The normalized spacial score (nSPS) is 32.4. The molecule has 17 heavy (non-hydrogen) atoms. The van der Waals surface area contributed by atoms with E-state index in [-0.39, 0.29) is 0 Å². The van der Waals surface area contributed by atoms with Crippen LogP contribution < -0.4 is 5.32 Å². The lowest BCUT2D eigenvalue weighted by Crippen LogP contribution is -2.39. The van der Waals surface area contributed by atoms with Crippen molar-refractivity contribution >= 4 is 11.8 Å². The van der Waals surface area contributed by atoms with Crippen LogP contribution in [-0.4, -0.2) is 11.8 Å². The Morgan fingerprint density at radius 1 is 1.18 bits per heavy atom. The monoisotopic (exact) mass is 247 g/mol. The molecule has 2 heteroatoms. The van der Waals surface area contributed by atoms with Crippen LogP contribution in [0, 0.1) is 5.92 Å². The number of thioether (sulfide) groups is 1. The molecule has 1 N–H and O–H groups in total. The van der Waals surface area contributed by atoms with Crippen molar-refractivity contribution in [1.29, 1.82) is 0 Å². The molecule has 0 radical (unpaired) electrons. The van der Waals surface area contributed by atoms with Gasteiger partial charge in [-0.15, -0.1) is 11.8 Å². The van der Waals surface area contributed by atoms with Crippen LogP contribution in [0.2, 0.25) is 0 Å². The molecule has 1 saturated carbocycles. The molecule has 0 saturated heterocycles. The molecule has 0 aromatic heterocycles. The van der Waals surface area contributed by atoms with Crippen molar-refractivity contribution in [2.24, 2.45) is 5.92 Å².